The van der Waals surface area contributed by atoms with Crippen LogP contribution >= 0.6 is 0 Å². The van der Waals surface area contributed by atoms with E-state index in [1.165, 1.54) is 9.80 Å². The van der Waals surface area contributed by atoms with Crippen molar-refractivity contribution in [1.82, 2.24) is 0 Å². The van der Waals surface area contributed by atoms with Gasteiger partial charge >= 0.3 is 0 Å². The second-order valence-electron chi connectivity index (χ2n) is 13.3. The molecule has 2 saturated heterocycles. The number of imide groups is 2. The molecule has 7 atom stereocenters. The van der Waals surface area contributed by atoms with Gasteiger partial charge in [0, 0.05) is 11.8 Å². The van der Waals surface area contributed by atoms with Crippen LogP contribution < -0.4 is 9.80 Å². The maximum atomic E-state index is 14.4. The molecule has 1 saturated carbocycles. The number of hydrogen-bond acceptors (Lipinski definition) is 4. The number of benzene rings is 3. The second kappa shape index (κ2) is 9.46. The molecule has 3 fully saturated rings. The molecule has 4 amide bonds. The third-order valence-electron chi connectivity index (χ3n) is 11.1. The number of fused-ring (bicyclic) bond motifs is 1. The third-order valence-corrected chi connectivity index (χ3v) is 11.1. The van der Waals surface area contributed by atoms with Gasteiger partial charge < -0.3 is 0 Å². The molecule has 3 aromatic rings. The van der Waals surface area contributed by atoms with Gasteiger partial charge in [0.05, 0.1) is 35.0 Å². The monoisotopic (exact) mass is 582 g/mol. The van der Waals surface area contributed by atoms with E-state index in [-0.39, 0.29) is 41.4 Å². The van der Waals surface area contributed by atoms with Crippen molar-refractivity contribution in [3.8, 4) is 0 Å². The molecule has 2 heterocycles. The molecular weight excluding hydrogens is 548 g/mol. The highest BCUT2D eigenvalue weighted by Gasteiger charge is 2.67. The van der Waals surface area contributed by atoms with Crippen molar-refractivity contribution in [2.45, 2.75) is 34.1 Å². The average molecular weight is 583 g/mol. The molecule has 0 spiro atoms. The van der Waals surface area contributed by atoms with E-state index in [0.29, 0.717) is 17.8 Å². The van der Waals surface area contributed by atoms with E-state index in [0.717, 1.165) is 39.0 Å². The predicted molar refractivity (Wildman–Crippen MR) is 168 cm³/mol. The van der Waals surface area contributed by atoms with Gasteiger partial charge in [0.1, 0.15) is 0 Å². The molecule has 6 heteroatoms. The molecule has 6 nitrogen and oxygen atoms in total. The van der Waals surface area contributed by atoms with Gasteiger partial charge in [0.15, 0.2) is 0 Å². The minimum atomic E-state index is -0.580. The lowest BCUT2D eigenvalue weighted by molar-refractivity contribution is -0.129. The van der Waals surface area contributed by atoms with E-state index in [4.69, 9.17) is 0 Å². The Bertz CT molecular complexity index is 1870. The highest BCUT2D eigenvalue weighted by Crippen LogP contribution is 2.63. The number of rotatable bonds is 3. The van der Waals surface area contributed by atoms with E-state index < -0.39 is 23.7 Å². The summed E-state index contributed by atoms with van der Waals surface area (Å²) in [5, 5.41) is 0. The van der Waals surface area contributed by atoms with Crippen LogP contribution in [0.3, 0.4) is 0 Å². The second-order valence-corrected chi connectivity index (χ2v) is 13.3. The number of nitrogens with zero attached hydrogens (tertiary/aromatic N) is 2. The summed E-state index contributed by atoms with van der Waals surface area (Å²) in [7, 11) is 0. The predicted octanol–water partition coefficient (Wildman–Crippen LogP) is 6.12. The number of carbonyl (C=O) groups excluding carboxylic acids is 4. The Balaban J connectivity index is 1.28. The topological polar surface area (TPSA) is 74.8 Å². The first kappa shape index (κ1) is 27.0. The van der Waals surface area contributed by atoms with E-state index in [1.807, 2.05) is 82.3 Å². The summed E-state index contributed by atoms with van der Waals surface area (Å²) in [6, 6.07) is 21.5. The first-order valence-electron chi connectivity index (χ1n) is 15.5. The molecular formula is C38H34N2O4. The average Bonchev–Trinajstić information content (AvgIpc) is 3.45. The summed E-state index contributed by atoms with van der Waals surface area (Å²) >= 11 is 0. The van der Waals surface area contributed by atoms with Crippen LogP contribution in [0.4, 0.5) is 11.4 Å². The fourth-order valence-electron chi connectivity index (χ4n) is 8.75. The fraction of sp³-hybridized carbons (Fsp3) is 0.316. The highest BCUT2D eigenvalue weighted by molar-refractivity contribution is 6.24. The molecule has 4 aliphatic carbocycles. The van der Waals surface area contributed by atoms with Crippen molar-refractivity contribution in [1.29, 1.82) is 0 Å². The summed E-state index contributed by atoms with van der Waals surface area (Å²) in [4.78, 5) is 59.8. The number of aryl methyl sites for hydroxylation is 4. The molecule has 2 bridgehead atoms. The van der Waals surface area contributed by atoms with Crippen molar-refractivity contribution in [3.05, 3.63) is 112 Å². The van der Waals surface area contributed by atoms with Crippen molar-refractivity contribution < 1.29 is 19.2 Å². The minimum absolute atomic E-state index is 0.173. The van der Waals surface area contributed by atoms with Gasteiger partial charge in [-0.1, -0.05) is 60.2 Å². The molecule has 44 heavy (non-hydrogen) atoms. The molecule has 0 radical (unpaired) electrons. The van der Waals surface area contributed by atoms with Crippen LogP contribution in [0.15, 0.2) is 84.5 Å². The summed E-state index contributed by atoms with van der Waals surface area (Å²) in [5.74, 6) is -3.93. The number of hydrogen-bond donors (Lipinski definition) is 0. The normalized spacial score (nSPS) is 30.3. The van der Waals surface area contributed by atoms with Crippen LogP contribution in [0, 0.1) is 69.1 Å². The Morgan fingerprint density at radius 1 is 0.568 bits per heavy atom. The smallest absolute Gasteiger partial charge is 0.238 e. The van der Waals surface area contributed by atoms with Crippen LogP contribution in [0.5, 0.6) is 0 Å². The van der Waals surface area contributed by atoms with Crippen LogP contribution in [-0.4, -0.2) is 23.6 Å². The van der Waals surface area contributed by atoms with Gasteiger partial charge in [-0.05, 0) is 97.7 Å². The molecule has 6 aliphatic rings. The lowest BCUT2D eigenvalue weighted by Gasteiger charge is -2.51. The van der Waals surface area contributed by atoms with Gasteiger partial charge in [0.2, 0.25) is 23.6 Å². The van der Waals surface area contributed by atoms with Gasteiger partial charge in [-0.2, -0.15) is 0 Å². The van der Waals surface area contributed by atoms with E-state index in [2.05, 4.69) is 24.3 Å². The maximum Gasteiger partial charge on any atom is 0.238 e. The number of anilines is 2. The molecule has 3 aromatic carbocycles. The summed E-state index contributed by atoms with van der Waals surface area (Å²) in [5.41, 5.74) is 8.55. The zero-order valence-corrected chi connectivity index (χ0v) is 25.3. The minimum Gasteiger partial charge on any atom is -0.274 e. The summed E-state index contributed by atoms with van der Waals surface area (Å²) in [6.07, 6.45) is 4.60. The van der Waals surface area contributed by atoms with Gasteiger partial charge in [0.25, 0.3) is 0 Å². The van der Waals surface area contributed by atoms with Crippen LogP contribution in [0.1, 0.15) is 34.2 Å². The van der Waals surface area contributed by atoms with Crippen LogP contribution in [-0.2, 0) is 19.2 Å². The molecule has 2 aliphatic heterocycles. The van der Waals surface area contributed by atoms with Gasteiger partial charge in [-0.3, -0.25) is 24.1 Å². The molecule has 0 N–H and O–H groups in total. The van der Waals surface area contributed by atoms with Crippen molar-refractivity contribution in [3.63, 3.8) is 0 Å². The van der Waals surface area contributed by atoms with E-state index in [9.17, 15) is 19.2 Å². The van der Waals surface area contributed by atoms with Gasteiger partial charge in [-0.25, -0.2) is 4.90 Å². The van der Waals surface area contributed by atoms with Crippen molar-refractivity contribution >= 4 is 40.6 Å². The quantitative estimate of drug-likeness (QED) is 0.276. The van der Waals surface area contributed by atoms with Crippen LogP contribution in [0.25, 0.3) is 5.57 Å². The molecule has 0 unspecified atom stereocenters. The molecule has 9 rings (SSSR count). The Morgan fingerprint density at radius 3 is 1.75 bits per heavy atom. The Morgan fingerprint density at radius 2 is 1.14 bits per heavy atom. The summed E-state index contributed by atoms with van der Waals surface area (Å²) < 4.78 is 0. The Kier molecular flexibility index (Phi) is 5.80. The fourth-order valence-corrected chi connectivity index (χ4v) is 8.75. The number of carbonyl (C=O) groups is 4. The maximum absolute atomic E-state index is 14.4. The third kappa shape index (κ3) is 3.54. The Labute approximate surface area is 257 Å². The zero-order valence-electron chi connectivity index (χ0n) is 25.3. The lowest BCUT2D eigenvalue weighted by atomic mass is 9.49. The zero-order chi connectivity index (χ0) is 30.6. The van der Waals surface area contributed by atoms with E-state index >= 15 is 0 Å². The van der Waals surface area contributed by atoms with E-state index in [1.54, 1.807) is 0 Å². The summed E-state index contributed by atoms with van der Waals surface area (Å²) in [6.45, 7) is 7.99. The van der Waals surface area contributed by atoms with Crippen molar-refractivity contribution in [2.24, 2.45) is 41.4 Å². The molecule has 220 valence electrons. The van der Waals surface area contributed by atoms with Crippen LogP contribution in [0.2, 0.25) is 0 Å². The first-order chi connectivity index (χ1) is 21.2. The first-order valence-corrected chi connectivity index (χ1v) is 15.5. The SMILES string of the molecule is Cc1ccc(N2C(=O)[C@H]3[C@@H]4C=C[C@H](C5=C(c6ccccc6)C[C@H]6C(=O)N(c7ccc(C)c(C)c7)C(=O)[C@@H]6[C@@H]54)[C@H]3C2=O)cc1C. The largest absolute Gasteiger partial charge is 0.274 e. The number of amides is 4. The van der Waals surface area contributed by atoms with Crippen molar-refractivity contribution in [2.75, 3.05) is 9.80 Å². The molecule has 0 aromatic heterocycles. The van der Waals surface area contributed by atoms with Gasteiger partial charge in [-0.15, -0.1) is 0 Å². The number of allylic oxidation sites excluding steroid dienone is 4. The highest BCUT2D eigenvalue weighted by atomic mass is 16.2. The lowest BCUT2D eigenvalue weighted by Crippen LogP contribution is -2.51. The standard InChI is InChI=1S/C38H34N2O4/c1-19-10-12-24(16-21(19)3)39-35(41)29-18-28(23-8-6-5-7-9-23)30-26-14-15-27(31(30)34(29)38(39)44)33-32(26)36(42)40(37(33)43)25-13-11-20(2)22(4)17-25/h5-17,26-27,29,31-34H,18H2,1-4H3/t26-,27-,29-,31-,32-,33+,34+/m1/s1. The Hall–Kier alpha value is -4.58.